The Morgan fingerprint density at radius 1 is 0.437 bits per heavy atom. The molecule has 0 amide bonds. The van der Waals surface area contributed by atoms with Gasteiger partial charge in [-0.25, -0.2) is 15.0 Å². The Morgan fingerprint density at radius 2 is 0.873 bits per heavy atom. The van der Waals surface area contributed by atoms with Crippen molar-refractivity contribution in [2.45, 2.75) is 80.1 Å². The van der Waals surface area contributed by atoms with Crippen LogP contribution in [0.3, 0.4) is 0 Å². The van der Waals surface area contributed by atoms with Gasteiger partial charge in [0.15, 0.2) is 0 Å². The lowest BCUT2D eigenvalue weighted by Gasteiger charge is -2.21. The maximum Gasteiger partial charge on any atom is 0.237 e. The molecule has 71 heavy (non-hydrogen) atoms. The number of hydrogen-bond acceptors (Lipinski definition) is 7. The maximum atomic E-state index is 7.14. The van der Waals surface area contributed by atoms with Gasteiger partial charge in [0, 0.05) is 57.6 Å². The predicted molar refractivity (Wildman–Crippen MR) is 290 cm³/mol. The highest BCUT2D eigenvalue weighted by Crippen LogP contribution is 2.46. The molecule has 0 fully saturated rings. The summed E-state index contributed by atoms with van der Waals surface area (Å²) in [4.78, 5) is 23.1. The number of aromatic nitrogens is 6. The Kier molecular flexibility index (Phi) is 13.3. The van der Waals surface area contributed by atoms with Crippen LogP contribution in [0.4, 0.5) is 0 Å². The van der Waals surface area contributed by atoms with Gasteiger partial charge in [-0.1, -0.05) is 116 Å². The fourth-order valence-corrected chi connectivity index (χ4v) is 9.81. The van der Waals surface area contributed by atoms with E-state index >= 15 is 0 Å². The van der Waals surface area contributed by atoms with Gasteiger partial charge in [0.25, 0.3) is 0 Å². The number of ether oxygens (including phenoxy) is 2. The molecule has 0 spiro atoms. The molecule has 0 saturated carbocycles. The van der Waals surface area contributed by atoms with E-state index in [2.05, 4.69) is 174 Å². The molecule has 0 N–H and O–H groups in total. The van der Waals surface area contributed by atoms with E-state index in [1.165, 1.54) is 34.9 Å². The van der Waals surface area contributed by atoms with Crippen LogP contribution in [0.2, 0.25) is 0 Å². The summed E-state index contributed by atoms with van der Waals surface area (Å²) in [5.41, 5.74) is 14.9. The van der Waals surface area contributed by atoms with Crippen molar-refractivity contribution in [3.63, 3.8) is 0 Å². The van der Waals surface area contributed by atoms with E-state index in [4.69, 9.17) is 29.4 Å². The van der Waals surface area contributed by atoms with Crippen LogP contribution in [-0.2, 0) is 12.8 Å². The van der Waals surface area contributed by atoms with Crippen molar-refractivity contribution in [3.8, 4) is 73.7 Å². The van der Waals surface area contributed by atoms with Gasteiger partial charge in [-0.05, 0) is 143 Å². The van der Waals surface area contributed by atoms with Gasteiger partial charge in [-0.2, -0.15) is 0 Å². The molecule has 0 aliphatic heterocycles. The molecule has 10 rings (SSSR count). The number of benzene rings is 6. The van der Waals surface area contributed by atoms with E-state index in [1.54, 1.807) is 0 Å². The second-order valence-electron chi connectivity index (χ2n) is 20.0. The lowest BCUT2D eigenvalue weighted by atomic mass is 9.88. The van der Waals surface area contributed by atoms with Crippen LogP contribution >= 0.6 is 0 Å². The number of pyridine rings is 2. The molecule has 0 aliphatic carbocycles. The first-order valence-corrected chi connectivity index (χ1v) is 24.9. The zero-order valence-electron chi connectivity index (χ0n) is 41.9. The van der Waals surface area contributed by atoms with Crippen molar-refractivity contribution in [1.29, 1.82) is 0 Å². The van der Waals surface area contributed by atoms with Crippen molar-refractivity contribution >= 4 is 21.8 Å². The number of fused-ring (bicyclic) bond motifs is 3. The summed E-state index contributed by atoms with van der Waals surface area (Å²) in [7, 11) is 0. The van der Waals surface area contributed by atoms with Crippen LogP contribution in [0.5, 0.6) is 23.0 Å². The maximum absolute atomic E-state index is 7.14. The van der Waals surface area contributed by atoms with Gasteiger partial charge in [0.1, 0.15) is 35.7 Å². The molecule has 0 unspecified atom stereocenters. The largest absolute Gasteiger partial charge is 0.457 e. The van der Waals surface area contributed by atoms with Gasteiger partial charge >= 0.3 is 0 Å². The summed E-state index contributed by atoms with van der Waals surface area (Å²) in [5.74, 6) is 4.88. The minimum Gasteiger partial charge on any atom is -0.457 e. The SMILES string of the molecule is CC(C)Cc1ccc(-c2c(Oc3ccc4c5ccc(Oc6cc(-c7ccccn7)cc(C(C)C)c6-c6ccc(CC(C)C)cc6)cc5n(-c5ncncn5)c4c3)cc(-c3ccccn3)cc2C(C)C)cc1. The predicted octanol–water partition coefficient (Wildman–Crippen LogP) is 16.7. The number of hydrogen-bond donors (Lipinski definition) is 0. The second-order valence-corrected chi connectivity index (χ2v) is 20.0. The average Bonchev–Trinajstić information content (AvgIpc) is 3.69. The number of nitrogens with zero attached hydrogens (tertiary/aromatic N) is 6. The molecule has 0 aliphatic rings. The van der Waals surface area contributed by atoms with Gasteiger partial charge in [0.05, 0.1) is 22.4 Å². The van der Waals surface area contributed by atoms with Gasteiger partial charge in [0.2, 0.25) is 5.95 Å². The molecule has 10 aromatic rings. The summed E-state index contributed by atoms with van der Waals surface area (Å²) in [6, 6.07) is 51.3. The molecule has 8 nitrogen and oxygen atoms in total. The van der Waals surface area contributed by atoms with Crippen molar-refractivity contribution < 1.29 is 9.47 Å². The fourth-order valence-electron chi connectivity index (χ4n) is 9.81. The molecule has 4 aromatic heterocycles. The fraction of sp³-hybridized carbons (Fsp3) is 0.222. The molecule has 0 atom stereocenters. The van der Waals surface area contributed by atoms with E-state index < -0.39 is 0 Å². The third-order valence-corrected chi connectivity index (χ3v) is 13.0. The van der Waals surface area contributed by atoms with E-state index in [-0.39, 0.29) is 11.8 Å². The summed E-state index contributed by atoms with van der Waals surface area (Å²) < 4.78 is 16.4. The zero-order chi connectivity index (χ0) is 49.2. The van der Waals surface area contributed by atoms with Crippen LogP contribution in [-0.4, -0.2) is 29.5 Å². The minimum atomic E-state index is 0.206. The van der Waals surface area contributed by atoms with Crippen LogP contribution in [0.15, 0.2) is 171 Å². The molecule has 0 bridgehead atoms. The third kappa shape index (κ3) is 9.93. The Labute approximate surface area is 417 Å². The number of rotatable bonds is 15. The van der Waals surface area contributed by atoms with Crippen LogP contribution in [0.1, 0.15) is 89.5 Å². The molecular formula is C63H60N6O2. The molecular weight excluding hydrogens is 873 g/mol. The van der Waals surface area contributed by atoms with Crippen molar-refractivity contribution in [2.75, 3.05) is 0 Å². The van der Waals surface area contributed by atoms with Crippen molar-refractivity contribution in [2.24, 2.45) is 11.8 Å². The summed E-state index contributed by atoms with van der Waals surface area (Å²) >= 11 is 0. The minimum absolute atomic E-state index is 0.206. The highest BCUT2D eigenvalue weighted by molar-refractivity contribution is 6.09. The summed E-state index contributed by atoms with van der Waals surface area (Å²) in [6.45, 7) is 18.0. The highest BCUT2D eigenvalue weighted by atomic mass is 16.5. The molecule has 354 valence electrons. The van der Waals surface area contributed by atoms with E-state index in [0.29, 0.717) is 29.3 Å². The van der Waals surface area contributed by atoms with Crippen LogP contribution in [0.25, 0.3) is 72.5 Å². The highest BCUT2D eigenvalue weighted by Gasteiger charge is 2.23. The van der Waals surface area contributed by atoms with Gasteiger partial charge < -0.3 is 9.47 Å². The van der Waals surface area contributed by atoms with E-state index in [1.807, 2.05) is 48.8 Å². The topological polar surface area (TPSA) is 87.8 Å². The normalized spacial score (nSPS) is 11.7. The lowest BCUT2D eigenvalue weighted by Crippen LogP contribution is -2.02. The van der Waals surface area contributed by atoms with E-state index in [9.17, 15) is 0 Å². The van der Waals surface area contributed by atoms with Crippen LogP contribution < -0.4 is 9.47 Å². The van der Waals surface area contributed by atoms with Crippen LogP contribution in [0, 0.1) is 11.8 Å². The third-order valence-electron chi connectivity index (χ3n) is 13.0. The molecule has 0 saturated heterocycles. The first kappa shape index (κ1) is 46.7. The van der Waals surface area contributed by atoms with Gasteiger partial charge in [-0.15, -0.1) is 0 Å². The molecule has 4 heterocycles. The Bertz CT molecular complexity index is 3250. The standard InChI is InChI=1S/C63H60N6O2/c1-39(2)29-43-15-19-45(20-16-43)61-53(41(5)6)31-47(55-13-9-11-27-65-55)33-59(61)70-49-23-25-51-52-26-24-50(36-58(52)69(57(51)35-49)63-67-37-64-38-68-63)71-60-34-48(56-14-10-12-28-66-56)32-54(42(7)8)62(60)46-21-17-44(18-22-46)30-40(3)4/h9-28,31-42H,29-30H2,1-8H3. The Hall–Kier alpha value is -7.97. The lowest BCUT2D eigenvalue weighted by molar-refractivity contribution is 0.484. The molecule has 8 heteroatoms. The average molecular weight is 933 g/mol. The smallest absolute Gasteiger partial charge is 0.237 e. The first-order valence-electron chi connectivity index (χ1n) is 24.9. The Morgan fingerprint density at radius 3 is 1.25 bits per heavy atom. The summed E-state index contributed by atoms with van der Waals surface area (Å²) in [5, 5.41) is 2.04. The molecule has 0 radical (unpaired) electrons. The zero-order valence-corrected chi connectivity index (χ0v) is 41.9. The summed E-state index contributed by atoms with van der Waals surface area (Å²) in [6.07, 6.45) is 8.79. The first-order chi connectivity index (χ1) is 34.5. The second kappa shape index (κ2) is 20.2. The Balaban J connectivity index is 1.11. The van der Waals surface area contributed by atoms with Crippen molar-refractivity contribution in [3.05, 3.63) is 193 Å². The monoisotopic (exact) mass is 932 g/mol. The van der Waals surface area contributed by atoms with E-state index in [0.717, 1.165) is 90.9 Å². The quantitative estimate of drug-likeness (QED) is 0.101. The van der Waals surface area contributed by atoms with Crippen molar-refractivity contribution in [1.82, 2.24) is 29.5 Å². The van der Waals surface area contributed by atoms with Gasteiger partial charge in [-0.3, -0.25) is 14.5 Å². The molecule has 6 aromatic carbocycles.